The van der Waals surface area contributed by atoms with Crippen molar-refractivity contribution >= 4 is 11.8 Å². The lowest BCUT2D eigenvalue weighted by Crippen LogP contribution is -2.33. The quantitative estimate of drug-likeness (QED) is 0.573. The molecule has 1 heterocycles. The van der Waals surface area contributed by atoms with Crippen LogP contribution in [-0.2, 0) is 14.3 Å². The van der Waals surface area contributed by atoms with E-state index in [0.717, 1.165) is 5.57 Å². The minimum atomic E-state index is -0.195. The zero-order chi connectivity index (χ0) is 11.2. The van der Waals surface area contributed by atoms with Crippen molar-refractivity contribution in [2.24, 2.45) is 11.3 Å². The molecule has 0 amide bonds. The number of allylic oxidation sites excluding steroid dienone is 2. The van der Waals surface area contributed by atoms with Crippen LogP contribution < -0.4 is 0 Å². The Labute approximate surface area is 89.5 Å². The number of hydrogen-bond acceptors (Lipinski definition) is 3. The Bertz CT molecular complexity index is 363. The molecule has 1 aliphatic heterocycles. The summed E-state index contributed by atoms with van der Waals surface area (Å²) in [6.45, 7) is 5.86. The third-order valence-corrected chi connectivity index (χ3v) is 3.09. The van der Waals surface area contributed by atoms with Gasteiger partial charge < -0.3 is 4.74 Å². The third kappa shape index (κ3) is 1.83. The molecule has 2 aliphatic rings. The van der Waals surface area contributed by atoms with Crippen LogP contribution in [0.3, 0.4) is 0 Å². The Hall–Kier alpha value is -1.12. The van der Waals surface area contributed by atoms with E-state index in [0.29, 0.717) is 25.0 Å². The zero-order valence-electron chi connectivity index (χ0n) is 9.42. The van der Waals surface area contributed by atoms with E-state index in [1.54, 1.807) is 6.92 Å². The van der Waals surface area contributed by atoms with Gasteiger partial charge in [-0.2, -0.15) is 0 Å². The molecule has 3 heteroatoms. The standard InChI is InChI=1S/C12H16O3/c1-7-4-8-9(13)5-12(2,3)6-10(8)15-11(7)14/h7H,4-6H2,1-3H3/t7-/m1/s1. The molecule has 0 N–H and O–H groups in total. The third-order valence-electron chi connectivity index (χ3n) is 3.09. The highest BCUT2D eigenvalue weighted by Gasteiger charge is 2.39. The van der Waals surface area contributed by atoms with Crippen LogP contribution in [0, 0.1) is 11.3 Å². The smallest absolute Gasteiger partial charge is 0.314 e. The number of ketones is 1. The molecule has 0 radical (unpaired) electrons. The minimum Gasteiger partial charge on any atom is -0.430 e. The van der Waals surface area contributed by atoms with E-state index in [-0.39, 0.29) is 23.1 Å². The molecule has 1 aliphatic carbocycles. The number of rotatable bonds is 0. The molecule has 1 atom stereocenters. The lowest BCUT2D eigenvalue weighted by molar-refractivity contribution is -0.146. The van der Waals surface area contributed by atoms with Crippen LogP contribution in [0.1, 0.15) is 40.0 Å². The van der Waals surface area contributed by atoms with Crippen LogP contribution in [0.2, 0.25) is 0 Å². The summed E-state index contributed by atoms with van der Waals surface area (Å²) in [4.78, 5) is 23.2. The largest absolute Gasteiger partial charge is 0.430 e. The molecule has 0 aromatic rings. The SMILES string of the molecule is C[C@@H]1CC2=C(CC(C)(C)CC2=O)OC1=O. The molecule has 0 aromatic heterocycles. The van der Waals surface area contributed by atoms with E-state index in [9.17, 15) is 9.59 Å². The summed E-state index contributed by atoms with van der Waals surface area (Å²) in [5, 5.41) is 0. The molecular weight excluding hydrogens is 192 g/mol. The molecule has 0 saturated heterocycles. The molecule has 82 valence electrons. The second kappa shape index (κ2) is 3.19. The Morgan fingerprint density at radius 3 is 2.60 bits per heavy atom. The number of hydrogen-bond donors (Lipinski definition) is 0. The van der Waals surface area contributed by atoms with Gasteiger partial charge in [-0.15, -0.1) is 0 Å². The van der Waals surface area contributed by atoms with E-state index in [2.05, 4.69) is 0 Å². The van der Waals surface area contributed by atoms with Gasteiger partial charge in [0.15, 0.2) is 5.78 Å². The maximum Gasteiger partial charge on any atom is 0.314 e. The first-order chi connectivity index (χ1) is 6.89. The van der Waals surface area contributed by atoms with Crippen LogP contribution in [0.15, 0.2) is 11.3 Å². The first-order valence-electron chi connectivity index (χ1n) is 5.36. The maximum atomic E-state index is 11.8. The van der Waals surface area contributed by atoms with Crippen molar-refractivity contribution in [1.82, 2.24) is 0 Å². The van der Waals surface area contributed by atoms with Gasteiger partial charge in [0.2, 0.25) is 0 Å². The van der Waals surface area contributed by atoms with Crippen molar-refractivity contribution in [1.29, 1.82) is 0 Å². The van der Waals surface area contributed by atoms with Crippen molar-refractivity contribution in [2.75, 3.05) is 0 Å². The number of esters is 1. The Balaban J connectivity index is 2.34. The summed E-state index contributed by atoms with van der Waals surface area (Å²) in [5.41, 5.74) is 0.679. The van der Waals surface area contributed by atoms with Crippen LogP contribution in [0.25, 0.3) is 0 Å². The highest BCUT2D eigenvalue weighted by molar-refractivity contribution is 5.99. The molecule has 0 unspecified atom stereocenters. The molecule has 0 aromatic carbocycles. The predicted octanol–water partition coefficient (Wildman–Crippen LogP) is 2.21. The fraction of sp³-hybridized carbons (Fsp3) is 0.667. The number of carbonyl (C=O) groups is 2. The molecular formula is C12H16O3. The van der Waals surface area contributed by atoms with E-state index >= 15 is 0 Å². The summed E-state index contributed by atoms with van der Waals surface area (Å²) < 4.78 is 5.23. The first-order valence-corrected chi connectivity index (χ1v) is 5.36. The zero-order valence-corrected chi connectivity index (χ0v) is 9.42. The maximum absolute atomic E-state index is 11.8. The van der Waals surface area contributed by atoms with Crippen molar-refractivity contribution in [2.45, 2.75) is 40.0 Å². The van der Waals surface area contributed by atoms with Crippen molar-refractivity contribution in [3.63, 3.8) is 0 Å². The highest BCUT2D eigenvalue weighted by atomic mass is 16.5. The molecule has 2 rings (SSSR count). The van der Waals surface area contributed by atoms with Crippen LogP contribution in [-0.4, -0.2) is 11.8 Å². The van der Waals surface area contributed by atoms with Crippen LogP contribution in [0.4, 0.5) is 0 Å². The van der Waals surface area contributed by atoms with Gasteiger partial charge in [0.05, 0.1) is 5.92 Å². The van der Waals surface area contributed by atoms with Crippen LogP contribution in [0.5, 0.6) is 0 Å². The van der Waals surface area contributed by atoms with Crippen LogP contribution >= 0.6 is 0 Å². The molecule has 0 spiro atoms. The van der Waals surface area contributed by atoms with Gasteiger partial charge in [-0.3, -0.25) is 9.59 Å². The molecule has 0 saturated carbocycles. The molecule has 3 nitrogen and oxygen atoms in total. The number of Topliss-reactive ketones (excluding diaryl/α,β-unsaturated/α-hetero) is 1. The second-order valence-electron chi connectivity index (χ2n) is 5.37. The average molecular weight is 208 g/mol. The Morgan fingerprint density at radius 1 is 1.27 bits per heavy atom. The molecule has 0 bridgehead atoms. The average Bonchev–Trinajstić information content (AvgIpc) is 2.07. The van der Waals surface area contributed by atoms with E-state index in [1.165, 1.54) is 0 Å². The van der Waals surface area contributed by atoms with Gasteiger partial charge >= 0.3 is 5.97 Å². The van der Waals surface area contributed by atoms with Gasteiger partial charge in [0, 0.05) is 18.4 Å². The fourth-order valence-corrected chi connectivity index (χ4v) is 2.24. The summed E-state index contributed by atoms with van der Waals surface area (Å²) in [7, 11) is 0. The lowest BCUT2D eigenvalue weighted by Gasteiger charge is -2.34. The Kier molecular flexibility index (Phi) is 2.21. The van der Waals surface area contributed by atoms with Gasteiger partial charge in [0.25, 0.3) is 0 Å². The van der Waals surface area contributed by atoms with E-state index in [1.807, 2.05) is 13.8 Å². The molecule has 15 heavy (non-hydrogen) atoms. The number of ether oxygens (including phenoxy) is 1. The normalized spacial score (nSPS) is 29.9. The summed E-state index contributed by atoms with van der Waals surface area (Å²) in [6.07, 6.45) is 1.83. The van der Waals surface area contributed by atoms with E-state index < -0.39 is 0 Å². The van der Waals surface area contributed by atoms with Crippen molar-refractivity contribution < 1.29 is 14.3 Å². The first kappa shape index (κ1) is 10.4. The van der Waals surface area contributed by atoms with Gasteiger partial charge in [0.1, 0.15) is 5.76 Å². The Morgan fingerprint density at radius 2 is 1.93 bits per heavy atom. The van der Waals surface area contributed by atoms with E-state index in [4.69, 9.17) is 4.74 Å². The molecule has 0 fully saturated rings. The number of carbonyl (C=O) groups excluding carboxylic acids is 2. The van der Waals surface area contributed by atoms with Gasteiger partial charge in [-0.25, -0.2) is 0 Å². The fourth-order valence-electron chi connectivity index (χ4n) is 2.24. The summed E-state index contributed by atoms with van der Waals surface area (Å²) >= 11 is 0. The summed E-state index contributed by atoms with van der Waals surface area (Å²) in [6, 6.07) is 0. The summed E-state index contributed by atoms with van der Waals surface area (Å²) in [5.74, 6) is 0.410. The van der Waals surface area contributed by atoms with Crippen molar-refractivity contribution in [3.05, 3.63) is 11.3 Å². The predicted molar refractivity (Wildman–Crippen MR) is 54.9 cm³/mol. The van der Waals surface area contributed by atoms with Crippen molar-refractivity contribution in [3.8, 4) is 0 Å². The minimum absolute atomic E-state index is 0.0726. The lowest BCUT2D eigenvalue weighted by atomic mass is 9.74. The monoisotopic (exact) mass is 208 g/mol. The van der Waals surface area contributed by atoms with Gasteiger partial charge in [-0.05, 0) is 11.8 Å². The second-order valence-corrected chi connectivity index (χ2v) is 5.37. The topological polar surface area (TPSA) is 43.4 Å². The highest BCUT2D eigenvalue weighted by Crippen LogP contribution is 2.41. The van der Waals surface area contributed by atoms with Gasteiger partial charge in [-0.1, -0.05) is 20.8 Å².